The van der Waals surface area contributed by atoms with Crippen LogP contribution in [0.3, 0.4) is 0 Å². The van der Waals surface area contributed by atoms with E-state index < -0.39 is 0 Å². The lowest BCUT2D eigenvalue weighted by atomic mass is 10.3. The van der Waals surface area contributed by atoms with Gasteiger partial charge in [-0.2, -0.15) is 0 Å². The third-order valence-electron chi connectivity index (χ3n) is 1.81. The van der Waals surface area contributed by atoms with Crippen LogP contribution in [0.15, 0.2) is 10.8 Å². The first-order chi connectivity index (χ1) is 5.29. The lowest BCUT2D eigenvalue weighted by Gasteiger charge is -2.01. The molecule has 11 heavy (non-hydrogen) atoms. The van der Waals surface area contributed by atoms with Gasteiger partial charge in [-0.05, 0) is 28.8 Å². The molecule has 0 aromatic carbocycles. The maximum absolute atomic E-state index is 5.59. The molecule has 1 aromatic rings. The third kappa shape index (κ3) is 1.22. The first-order valence-electron chi connectivity index (χ1n) is 3.55. The van der Waals surface area contributed by atoms with E-state index in [1.807, 2.05) is 0 Å². The molecule has 1 aromatic heterocycles. The Bertz CT molecular complexity index is 283. The SMILES string of the molecule is Nc1ncnc(C2CC2)c1Br. The molecule has 1 fully saturated rings. The predicted molar refractivity (Wildman–Crippen MR) is 46.1 cm³/mol. The molecule has 0 spiro atoms. The summed E-state index contributed by atoms with van der Waals surface area (Å²) < 4.78 is 0.877. The van der Waals surface area contributed by atoms with Crippen LogP contribution in [0.25, 0.3) is 0 Å². The number of halogens is 1. The van der Waals surface area contributed by atoms with Crippen molar-refractivity contribution in [2.45, 2.75) is 18.8 Å². The van der Waals surface area contributed by atoms with E-state index in [4.69, 9.17) is 5.73 Å². The Morgan fingerprint density at radius 3 is 2.82 bits per heavy atom. The Morgan fingerprint density at radius 2 is 2.18 bits per heavy atom. The number of nitrogens with two attached hydrogens (primary N) is 1. The van der Waals surface area contributed by atoms with Gasteiger partial charge in [0.1, 0.15) is 12.1 Å². The summed E-state index contributed by atoms with van der Waals surface area (Å²) in [6.07, 6.45) is 3.98. The summed E-state index contributed by atoms with van der Waals surface area (Å²) in [4.78, 5) is 8.03. The van der Waals surface area contributed by atoms with Gasteiger partial charge in [-0.25, -0.2) is 9.97 Å². The highest BCUT2D eigenvalue weighted by Crippen LogP contribution is 2.42. The monoisotopic (exact) mass is 213 g/mol. The zero-order valence-corrected chi connectivity index (χ0v) is 7.50. The van der Waals surface area contributed by atoms with Crippen molar-refractivity contribution in [2.24, 2.45) is 0 Å². The number of anilines is 1. The highest BCUT2D eigenvalue weighted by Gasteiger charge is 2.27. The molecule has 0 bridgehead atoms. The number of hydrogen-bond acceptors (Lipinski definition) is 3. The maximum atomic E-state index is 5.59. The van der Waals surface area contributed by atoms with Crippen LogP contribution in [-0.4, -0.2) is 9.97 Å². The van der Waals surface area contributed by atoms with Crippen molar-refractivity contribution in [1.82, 2.24) is 9.97 Å². The summed E-state index contributed by atoms with van der Waals surface area (Å²) >= 11 is 3.37. The van der Waals surface area contributed by atoms with Crippen molar-refractivity contribution in [3.05, 3.63) is 16.5 Å². The standard InChI is InChI=1S/C7H8BrN3/c8-5-6(4-1-2-4)10-3-11-7(5)9/h3-4H,1-2H2,(H2,9,10,11). The molecular weight excluding hydrogens is 206 g/mol. The van der Waals surface area contributed by atoms with Gasteiger partial charge in [0.05, 0.1) is 10.2 Å². The molecule has 1 aliphatic carbocycles. The smallest absolute Gasteiger partial charge is 0.141 e. The van der Waals surface area contributed by atoms with Crippen molar-refractivity contribution in [1.29, 1.82) is 0 Å². The van der Waals surface area contributed by atoms with Crippen molar-refractivity contribution in [2.75, 3.05) is 5.73 Å². The largest absolute Gasteiger partial charge is 0.383 e. The zero-order chi connectivity index (χ0) is 7.84. The van der Waals surface area contributed by atoms with Gasteiger partial charge in [-0.1, -0.05) is 0 Å². The molecule has 0 atom stereocenters. The summed E-state index contributed by atoms with van der Waals surface area (Å²) in [5.74, 6) is 1.16. The molecule has 0 aliphatic heterocycles. The molecule has 0 radical (unpaired) electrons. The molecule has 0 saturated heterocycles. The Morgan fingerprint density at radius 1 is 1.45 bits per heavy atom. The molecule has 2 rings (SSSR count). The number of nitrogens with zero attached hydrogens (tertiary/aromatic N) is 2. The van der Waals surface area contributed by atoms with Gasteiger partial charge in [0.25, 0.3) is 0 Å². The van der Waals surface area contributed by atoms with Crippen molar-refractivity contribution >= 4 is 21.7 Å². The minimum atomic E-state index is 0.543. The first-order valence-corrected chi connectivity index (χ1v) is 4.34. The van der Waals surface area contributed by atoms with E-state index in [1.54, 1.807) is 0 Å². The van der Waals surface area contributed by atoms with Crippen molar-refractivity contribution in [3.63, 3.8) is 0 Å². The number of aromatic nitrogens is 2. The fourth-order valence-corrected chi connectivity index (χ4v) is 1.57. The Balaban J connectivity index is 2.45. The summed E-state index contributed by atoms with van der Waals surface area (Å²) in [6.45, 7) is 0. The second-order valence-electron chi connectivity index (χ2n) is 2.73. The molecule has 0 unspecified atom stereocenters. The second-order valence-corrected chi connectivity index (χ2v) is 3.53. The molecule has 3 nitrogen and oxygen atoms in total. The highest BCUT2D eigenvalue weighted by atomic mass is 79.9. The first kappa shape index (κ1) is 7.03. The number of hydrogen-bond donors (Lipinski definition) is 1. The van der Waals surface area contributed by atoms with Gasteiger partial charge < -0.3 is 5.73 Å². The van der Waals surface area contributed by atoms with Crippen LogP contribution in [0.5, 0.6) is 0 Å². The van der Waals surface area contributed by atoms with E-state index in [2.05, 4.69) is 25.9 Å². The van der Waals surface area contributed by atoms with E-state index in [0.717, 1.165) is 10.2 Å². The summed E-state index contributed by atoms with van der Waals surface area (Å²) in [5.41, 5.74) is 6.66. The van der Waals surface area contributed by atoms with Crippen LogP contribution in [0.1, 0.15) is 24.5 Å². The fourth-order valence-electron chi connectivity index (χ4n) is 1.04. The molecular formula is C7H8BrN3. The van der Waals surface area contributed by atoms with E-state index in [0.29, 0.717) is 11.7 Å². The second kappa shape index (κ2) is 2.44. The van der Waals surface area contributed by atoms with Gasteiger partial charge in [0.2, 0.25) is 0 Å². The molecule has 4 heteroatoms. The van der Waals surface area contributed by atoms with Crippen LogP contribution in [0, 0.1) is 0 Å². The minimum Gasteiger partial charge on any atom is -0.383 e. The minimum absolute atomic E-state index is 0.543. The van der Waals surface area contributed by atoms with E-state index in [-0.39, 0.29) is 0 Å². The van der Waals surface area contributed by atoms with Gasteiger partial charge in [-0.15, -0.1) is 0 Å². The van der Waals surface area contributed by atoms with Gasteiger partial charge in [-0.3, -0.25) is 0 Å². The Kier molecular flexibility index (Phi) is 1.56. The number of nitrogen functional groups attached to an aromatic ring is 1. The van der Waals surface area contributed by atoms with E-state index >= 15 is 0 Å². The zero-order valence-electron chi connectivity index (χ0n) is 5.92. The molecule has 2 N–H and O–H groups in total. The normalized spacial score (nSPS) is 16.8. The predicted octanol–water partition coefficient (Wildman–Crippen LogP) is 1.70. The van der Waals surface area contributed by atoms with Crippen LogP contribution in [-0.2, 0) is 0 Å². The van der Waals surface area contributed by atoms with E-state index in [1.165, 1.54) is 19.2 Å². The van der Waals surface area contributed by atoms with Crippen LogP contribution < -0.4 is 5.73 Å². The number of rotatable bonds is 1. The summed E-state index contributed by atoms with van der Waals surface area (Å²) in [6, 6.07) is 0. The molecule has 1 aliphatic rings. The van der Waals surface area contributed by atoms with Gasteiger partial charge in [0.15, 0.2) is 0 Å². The van der Waals surface area contributed by atoms with Crippen LogP contribution in [0.2, 0.25) is 0 Å². The Hall–Kier alpha value is -0.640. The lowest BCUT2D eigenvalue weighted by molar-refractivity contribution is 0.978. The maximum Gasteiger partial charge on any atom is 0.141 e. The summed E-state index contributed by atoms with van der Waals surface area (Å²) in [5, 5.41) is 0. The molecule has 58 valence electrons. The fraction of sp³-hybridized carbons (Fsp3) is 0.429. The molecule has 1 heterocycles. The topological polar surface area (TPSA) is 51.8 Å². The average Bonchev–Trinajstić information content (AvgIpc) is 2.77. The van der Waals surface area contributed by atoms with Crippen LogP contribution >= 0.6 is 15.9 Å². The lowest BCUT2D eigenvalue weighted by Crippen LogP contribution is -1.97. The van der Waals surface area contributed by atoms with Gasteiger partial charge >= 0.3 is 0 Å². The van der Waals surface area contributed by atoms with Crippen molar-refractivity contribution < 1.29 is 0 Å². The van der Waals surface area contributed by atoms with Gasteiger partial charge in [0, 0.05) is 5.92 Å². The molecule has 1 saturated carbocycles. The van der Waals surface area contributed by atoms with Crippen molar-refractivity contribution in [3.8, 4) is 0 Å². The highest BCUT2D eigenvalue weighted by molar-refractivity contribution is 9.10. The average molecular weight is 214 g/mol. The Labute approximate surface area is 73.2 Å². The summed E-state index contributed by atoms with van der Waals surface area (Å²) in [7, 11) is 0. The third-order valence-corrected chi connectivity index (χ3v) is 2.62. The van der Waals surface area contributed by atoms with E-state index in [9.17, 15) is 0 Å². The van der Waals surface area contributed by atoms with Crippen LogP contribution in [0.4, 0.5) is 5.82 Å². The molecule has 0 amide bonds. The quantitative estimate of drug-likeness (QED) is 0.773.